The molecule has 120 valence electrons. The fourth-order valence-electron chi connectivity index (χ4n) is 1.97. The van der Waals surface area contributed by atoms with Crippen LogP contribution in [0, 0.1) is 5.41 Å². The number of benzene rings is 1. The van der Waals surface area contributed by atoms with Crippen LogP contribution in [-0.4, -0.2) is 28.7 Å². The largest absolute Gasteiger partial charge is 0.385 e. The molecule has 0 spiro atoms. The third-order valence-corrected chi connectivity index (χ3v) is 4.47. The highest BCUT2D eigenvalue weighted by molar-refractivity contribution is 7.89. The van der Waals surface area contributed by atoms with E-state index in [2.05, 4.69) is 19.2 Å². The Balaban J connectivity index is 2.70. The molecule has 0 saturated carbocycles. The van der Waals surface area contributed by atoms with Gasteiger partial charge in [-0.05, 0) is 36.5 Å². The second-order valence-corrected chi connectivity index (χ2v) is 7.69. The third kappa shape index (κ3) is 6.13. The van der Waals surface area contributed by atoms with Crippen molar-refractivity contribution >= 4 is 10.0 Å². The van der Waals surface area contributed by atoms with Crippen LogP contribution in [0.1, 0.15) is 38.8 Å². The lowest BCUT2D eigenvalue weighted by Gasteiger charge is -2.27. The highest BCUT2D eigenvalue weighted by Gasteiger charge is 2.19. The van der Waals surface area contributed by atoms with E-state index in [0.29, 0.717) is 0 Å². The molecule has 0 aromatic heterocycles. The molecular formula is C15H26N2O3S. The molecule has 1 aromatic rings. The summed E-state index contributed by atoms with van der Waals surface area (Å²) in [7, 11) is -1.96. The van der Waals surface area contributed by atoms with Gasteiger partial charge in [0.05, 0.1) is 4.90 Å². The first-order valence-electron chi connectivity index (χ1n) is 7.01. The number of methoxy groups -OCH3 is 1. The van der Waals surface area contributed by atoms with Gasteiger partial charge in [0.2, 0.25) is 10.0 Å². The van der Waals surface area contributed by atoms with Crippen LogP contribution in [0.15, 0.2) is 29.2 Å². The lowest BCUT2D eigenvalue weighted by Crippen LogP contribution is -2.32. The van der Waals surface area contributed by atoms with E-state index in [9.17, 15) is 8.42 Å². The molecule has 0 aliphatic rings. The quantitative estimate of drug-likeness (QED) is 0.769. The topological polar surface area (TPSA) is 81.4 Å². The molecule has 1 atom stereocenters. The molecule has 0 aliphatic carbocycles. The van der Waals surface area contributed by atoms with Gasteiger partial charge in [-0.2, -0.15) is 0 Å². The summed E-state index contributed by atoms with van der Waals surface area (Å²) in [5.41, 5.74) is 1.02. The summed E-state index contributed by atoms with van der Waals surface area (Å²) in [5, 5.41) is 8.60. The number of nitrogens with two attached hydrogens (primary N) is 1. The van der Waals surface area contributed by atoms with Crippen LogP contribution in [0.2, 0.25) is 0 Å². The molecular weight excluding hydrogens is 288 g/mol. The Morgan fingerprint density at radius 3 is 2.62 bits per heavy atom. The molecule has 0 saturated heterocycles. The van der Waals surface area contributed by atoms with Crippen molar-refractivity contribution in [3.63, 3.8) is 0 Å². The number of nitrogens with one attached hydrogen (secondary N) is 1. The average molecular weight is 314 g/mol. The summed E-state index contributed by atoms with van der Waals surface area (Å²) >= 11 is 0. The van der Waals surface area contributed by atoms with Crippen molar-refractivity contribution in [3.05, 3.63) is 29.8 Å². The predicted molar refractivity (Wildman–Crippen MR) is 84.5 cm³/mol. The third-order valence-electron chi connectivity index (χ3n) is 3.56. The first-order chi connectivity index (χ1) is 9.65. The summed E-state index contributed by atoms with van der Waals surface area (Å²) in [4.78, 5) is 0.146. The molecule has 1 rings (SSSR count). The van der Waals surface area contributed by atoms with Gasteiger partial charge in [-0.15, -0.1) is 0 Å². The Hall–Kier alpha value is -0.950. The van der Waals surface area contributed by atoms with Gasteiger partial charge >= 0.3 is 0 Å². The summed E-state index contributed by atoms with van der Waals surface area (Å²) in [6, 6.07) is 6.79. The zero-order valence-electron chi connectivity index (χ0n) is 13.2. The van der Waals surface area contributed by atoms with Crippen LogP contribution in [-0.2, 0) is 14.8 Å². The lowest BCUT2D eigenvalue weighted by molar-refractivity contribution is 0.149. The molecule has 5 nitrogen and oxygen atoms in total. The summed E-state index contributed by atoms with van der Waals surface area (Å²) in [5.74, 6) is 0. The van der Waals surface area contributed by atoms with E-state index in [1.54, 1.807) is 19.2 Å². The summed E-state index contributed by atoms with van der Waals surface area (Å²) < 4.78 is 27.9. The number of hydrogen-bond donors (Lipinski definition) is 2. The fraction of sp³-hybridized carbons (Fsp3) is 0.600. The molecule has 0 aliphatic heterocycles. The number of sulfonamides is 1. The standard InChI is InChI=1S/C15H26N2O3S/c1-12(17-11-15(2,3)8-9-20-4)13-6-5-7-14(10-13)21(16,18)19/h5-7,10,12,17H,8-9,11H2,1-4H3,(H2,16,18,19). The number of primary sulfonamides is 1. The number of hydrogen-bond acceptors (Lipinski definition) is 4. The Labute approximate surface area is 127 Å². The van der Waals surface area contributed by atoms with E-state index in [4.69, 9.17) is 9.88 Å². The van der Waals surface area contributed by atoms with Crippen LogP contribution in [0.5, 0.6) is 0 Å². The number of rotatable bonds is 8. The first kappa shape index (κ1) is 18.1. The van der Waals surface area contributed by atoms with Crippen molar-refractivity contribution in [2.75, 3.05) is 20.3 Å². The van der Waals surface area contributed by atoms with Crippen LogP contribution in [0.4, 0.5) is 0 Å². The first-order valence-corrected chi connectivity index (χ1v) is 8.55. The van der Waals surface area contributed by atoms with Crippen molar-refractivity contribution in [1.29, 1.82) is 0 Å². The number of ether oxygens (including phenoxy) is 1. The highest BCUT2D eigenvalue weighted by atomic mass is 32.2. The van der Waals surface area contributed by atoms with Crippen LogP contribution in [0.25, 0.3) is 0 Å². The molecule has 0 radical (unpaired) electrons. The minimum absolute atomic E-state index is 0.0496. The summed E-state index contributed by atoms with van der Waals surface area (Å²) in [6.07, 6.45) is 0.959. The van der Waals surface area contributed by atoms with Crippen molar-refractivity contribution < 1.29 is 13.2 Å². The second-order valence-electron chi connectivity index (χ2n) is 6.13. The van der Waals surface area contributed by atoms with E-state index < -0.39 is 10.0 Å². The van der Waals surface area contributed by atoms with Crippen molar-refractivity contribution in [2.24, 2.45) is 10.6 Å². The molecule has 1 unspecified atom stereocenters. The van der Waals surface area contributed by atoms with Gasteiger partial charge in [-0.3, -0.25) is 0 Å². The van der Waals surface area contributed by atoms with Crippen molar-refractivity contribution in [2.45, 2.75) is 38.1 Å². The summed E-state index contributed by atoms with van der Waals surface area (Å²) in [6.45, 7) is 7.90. The van der Waals surface area contributed by atoms with Crippen LogP contribution < -0.4 is 10.5 Å². The lowest BCUT2D eigenvalue weighted by atomic mass is 9.89. The fourth-order valence-corrected chi connectivity index (χ4v) is 2.54. The molecule has 6 heteroatoms. The monoisotopic (exact) mass is 314 g/mol. The van der Waals surface area contributed by atoms with Gasteiger partial charge < -0.3 is 10.1 Å². The van der Waals surface area contributed by atoms with E-state index in [1.165, 1.54) is 6.07 Å². The van der Waals surface area contributed by atoms with Crippen LogP contribution in [0.3, 0.4) is 0 Å². The maximum absolute atomic E-state index is 11.4. The average Bonchev–Trinajstić information content (AvgIpc) is 2.42. The predicted octanol–water partition coefficient (Wildman–Crippen LogP) is 2.05. The minimum atomic E-state index is -3.66. The SMILES string of the molecule is COCCC(C)(C)CNC(C)c1cccc(S(N)(=O)=O)c1. The molecule has 0 amide bonds. The second kappa shape index (κ2) is 7.35. The van der Waals surface area contributed by atoms with Crippen molar-refractivity contribution in [1.82, 2.24) is 5.32 Å². The Bertz CT molecular complexity index is 556. The van der Waals surface area contributed by atoms with Gasteiger partial charge in [0.15, 0.2) is 0 Å². The van der Waals surface area contributed by atoms with Gasteiger partial charge in [0, 0.05) is 26.3 Å². The zero-order valence-corrected chi connectivity index (χ0v) is 14.0. The van der Waals surface area contributed by atoms with Gasteiger partial charge in [0.25, 0.3) is 0 Å². The molecule has 1 aromatic carbocycles. The maximum atomic E-state index is 11.4. The van der Waals surface area contributed by atoms with Crippen molar-refractivity contribution in [3.8, 4) is 0 Å². The molecule has 3 N–H and O–H groups in total. The smallest absolute Gasteiger partial charge is 0.238 e. The Kier molecular flexibility index (Phi) is 6.34. The highest BCUT2D eigenvalue weighted by Crippen LogP contribution is 2.22. The van der Waals surface area contributed by atoms with Gasteiger partial charge in [0.1, 0.15) is 0 Å². The zero-order chi connectivity index (χ0) is 16.1. The minimum Gasteiger partial charge on any atom is -0.385 e. The van der Waals surface area contributed by atoms with E-state index >= 15 is 0 Å². The van der Waals surface area contributed by atoms with Gasteiger partial charge in [-0.25, -0.2) is 13.6 Å². The Morgan fingerprint density at radius 1 is 1.38 bits per heavy atom. The molecule has 21 heavy (non-hydrogen) atoms. The maximum Gasteiger partial charge on any atom is 0.238 e. The van der Waals surface area contributed by atoms with E-state index in [0.717, 1.165) is 25.1 Å². The molecule has 0 fully saturated rings. The van der Waals surface area contributed by atoms with Crippen LogP contribution >= 0.6 is 0 Å². The Morgan fingerprint density at radius 2 is 2.05 bits per heavy atom. The van der Waals surface area contributed by atoms with Gasteiger partial charge in [-0.1, -0.05) is 26.0 Å². The molecule has 0 bridgehead atoms. The van der Waals surface area contributed by atoms with E-state index in [-0.39, 0.29) is 16.4 Å². The van der Waals surface area contributed by atoms with E-state index in [1.807, 2.05) is 13.0 Å². The molecule has 0 heterocycles. The normalized spacial score (nSPS) is 14.1.